The Balaban J connectivity index is 1.59. The average Bonchev–Trinajstić information content (AvgIpc) is 2.68. The molecule has 0 bridgehead atoms. The van der Waals surface area contributed by atoms with Gasteiger partial charge < -0.3 is 19.5 Å². The van der Waals surface area contributed by atoms with Crippen molar-refractivity contribution in [3.8, 4) is 11.5 Å². The maximum Gasteiger partial charge on any atom is 0.331 e. The summed E-state index contributed by atoms with van der Waals surface area (Å²) in [6, 6.07) is 9.08. The van der Waals surface area contributed by atoms with Gasteiger partial charge in [-0.1, -0.05) is 29.3 Å². The van der Waals surface area contributed by atoms with Crippen LogP contribution in [0.15, 0.2) is 36.4 Å². The SMILES string of the molecule is Cc1ccc(NC(=O)[C@H](C)OC(=O)/C=C/c2cc(Cl)c3c(c2)OCCO3)c(C)c1. The van der Waals surface area contributed by atoms with E-state index in [0.29, 0.717) is 41.0 Å². The number of rotatable bonds is 5. The molecule has 0 spiro atoms. The van der Waals surface area contributed by atoms with E-state index in [-0.39, 0.29) is 0 Å². The van der Waals surface area contributed by atoms with E-state index in [4.69, 9.17) is 25.8 Å². The zero-order chi connectivity index (χ0) is 21.0. The number of carbonyl (C=O) groups excluding carboxylic acids is 2. The number of fused-ring (bicyclic) bond motifs is 1. The maximum absolute atomic E-state index is 12.3. The lowest BCUT2D eigenvalue weighted by atomic mass is 10.1. The Morgan fingerprint density at radius 1 is 1.17 bits per heavy atom. The number of anilines is 1. The summed E-state index contributed by atoms with van der Waals surface area (Å²) in [7, 11) is 0. The third kappa shape index (κ3) is 5.29. The molecule has 2 aromatic rings. The van der Waals surface area contributed by atoms with Gasteiger partial charge in [0.25, 0.3) is 5.91 Å². The Hall–Kier alpha value is -2.99. The third-order valence-corrected chi connectivity index (χ3v) is 4.61. The summed E-state index contributed by atoms with van der Waals surface area (Å²) in [5.74, 6) is -0.0207. The van der Waals surface area contributed by atoms with Gasteiger partial charge in [0.15, 0.2) is 17.6 Å². The lowest BCUT2D eigenvalue weighted by Gasteiger charge is -2.19. The van der Waals surface area contributed by atoms with Crippen LogP contribution in [0.2, 0.25) is 5.02 Å². The van der Waals surface area contributed by atoms with Gasteiger partial charge in [-0.15, -0.1) is 0 Å². The summed E-state index contributed by atoms with van der Waals surface area (Å²) in [4.78, 5) is 24.4. The van der Waals surface area contributed by atoms with E-state index in [9.17, 15) is 9.59 Å². The molecule has 0 saturated carbocycles. The topological polar surface area (TPSA) is 73.9 Å². The monoisotopic (exact) mass is 415 g/mol. The van der Waals surface area contributed by atoms with Gasteiger partial charge in [-0.05, 0) is 56.2 Å². The molecule has 7 heteroatoms. The molecule has 0 aliphatic carbocycles. The Labute approximate surface area is 174 Å². The van der Waals surface area contributed by atoms with Crippen LogP contribution >= 0.6 is 11.6 Å². The van der Waals surface area contributed by atoms with E-state index < -0.39 is 18.0 Å². The molecule has 0 aromatic heterocycles. The molecule has 2 aromatic carbocycles. The molecule has 1 N–H and O–H groups in total. The van der Waals surface area contributed by atoms with E-state index >= 15 is 0 Å². The predicted octanol–water partition coefficient (Wildman–Crippen LogP) is 4.31. The van der Waals surface area contributed by atoms with Crippen molar-refractivity contribution in [1.82, 2.24) is 0 Å². The number of aryl methyl sites for hydroxylation is 2. The molecule has 1 amide bonds. The molecule has 1 aliphatic heterocycles. The van der Waals surface area contributed by atoms with Crippen LogP contribution < -0.4 is 14.8 Å². The van der Waals surface area contributed by atoms with Crippen molar-refractivity contribution in [2.24, 2.45) is 0 Å². The van der Waals surface area contributed by atoms with Crippen molar-refractivity contribution in [2.75, 3.05) is 18.5 Å². The smallest absolute Gasteiger partial charge is 0.331 e. The lowest BCUT2D eigenvalue weighted by molar-refractivity contribution is -0.148. The summed E-state index contributed by atoms with van der Waals surface area (Å²) in [5.41, 5.74) is 3.38. The normalized spacial score (nSPS) is 13.8. The zero-order valence-electron chi connectivity index (χ0n) is 16.5. The van der Waals surface area contributed by atoms with Gasteiger partial charge >= 0.3 is 5.97 Å². The summed E-state index contributed by atoms with van der Waals surface area (Å²) < 4.78 is 16.2. The maximum atomic E-state index is 12.3. The van der Waals surface area contributed by atoms with Crippen LogP contribution in [0.4, 0.5) is 5.69 Å². The zero-order valence-corrected chi connectivity index (χ0v) is 17.2. The highest BCUT2D eigenvalue weighted by atomic mass is 35.5. The lowest BCUT2D eigenvalue weighted by Crippen LogP contribution is -2.29. The molecule has 1 atom stereocenters. The summed E-state index contributed by atoms with van der Waals surface area (Å²) in [5, 5.41) is 3.17. The molecule has 1 aliphatic rings. The molecule has 0 saturated heterocycles. The van der Waals surface area contributed by atoms with Gasteiger partial charge in [0, 0.05) is 11.8 Å². The molecule has 152 valence electrons. The fraction of sp³-hybridized carbons (Fsp3) is 0.273. The number of esters is 1. The number of hydrogen-bond donors (Lipinski definition) is 1. The first kappa shape index (κ1) is 20.7. The fourth-order valence-corrected chi connectivity index (χ4v) is 3.12. The number of hydrogen-bond acceptors (Lipinski definition) is 5. The molecular formula is C22H22ClNO5. The van der Waals surface area contributed by atoms with Crippen LogP contribution in [0.1, 0.15) is 23.6 Å². The second-order valence-corrected chi connectivity index (χ2v) is 7.15. The van der Waals surface area contributed by atoms with Crippen LogP contribution in [0, 0.1) is 13.8 Å². The Kier molecular flexibility index (Phi) is 6.44. The van der Waals surface area contributed by atoms with Crippen molar-refractivity contribution >= 4 is 35.2 Å². The van der Waals surface area contributed by atoms with E-state index in [0.717, 1.165) is 11.1 Å². The fourth-order valence-electron chi connectivity index (χ4n) is 2.85. The number of carbonyl (C=O) groups is 2. The van der Waals surface area contributed by atoms with Crippen molar-refractivity contribution in [3.05, 3.63) is 58.1 Å². The van der Waals surface area contributed by atoms with E-state index in [2.05, 4.69) is 5.32 Å². The average molecular weight is 416 g/mol. The molecular weight excluding hydrogens is 394 g/mol. The molecule has 1 heterocycles. The Bertz CT molecular complexity index is 970. The van der Waals surface area contributed by atoms with Crippen molar-refractivity contribution < 1.29 is 23.8 Å². The summed E-state index contributed by atoms with van der Waals surface area (Å²) in [6.07, 6.45) is 1.83. The first-order chi connectivity index (χ1) is 13.8. The van der Waals surface area contributed by atoms with E-state index in [1.165, 1.54) is 13.0 Å². The molecule has 0 unspecified atom stereocenters. The van der Waals surface area contributed by atoms with Gasteiger partial charge in [0.2, 0.25) is 0 Å². The highest BCUT2D eigenvalue weighted by molar-refractivity contribution is 6.32. The third-order valence-electron chi connectivity index (χ3n) is 4.33. The highest BCUT2D eigenvalue weighted by Gasteiger charge is 2.18. The second-order valence-electron chi connectivity index (χ2n) is 6.75. The number of nitrogens with one attached hydrogen (secondary N) is 1. The van der Waals surface area contributed by atoms with Crippen molar-refractivity contribution in [1.29, 1.82) is 0 Å². The number of amides is 1. The second kappa shape index (κ2) is 9.01. The van der Waals surface area contributed by atoms with Gasteiger partial charge in [0.05, 0.1) is 5.02 Å². The number of halogens is 1. The predicted molar refractivity (Wildman–Crippen MR) is 112 cm³/mol. The number of benzene rings is 2. The van der Waals surface area contributed by atoms with Crippen LogP contribution in [0.5, 0.6) is 11.5 Å². The Morgan fingerprint density at radius 2 is 1.93 bits per heavy atom. The van der Waals surface area contributed by atoms with Gasteiger partial charge in [-0.3, -0.25) is 4.79 Å². The van der Waals surface area contributed by atoms with Crippen molar-refractivity contribution in [2.45, 2.75) is 26.9 Å². The highest BCUT2D eigenvalue weighted by Crippen LogP contribution is 2.38. The summed E-state index contributed by atoms with van der Waals surface area (Å²) in [6.45, 7) is 6.28. The Morgan fingerprint density at radius 3 is 2.69 bits per heavy atom. The minimum atomic E-state index is -0.947. The van der Waals surface area contributed by atoms with Crippen LogP contribution in [-0.4, -0.2) is 31.2 Å². The van der Waals surface area contributed by atoms with E-state index in [1.807, 2.05) is 32.0 Å². The molecule has 6 nitrogen and oxygen atoms in total. The standard InChI is InChI=1S/C22H22ClNO5/c1-13-4-6-18(14(2)10-13)24-22(26)15(3)29-20(25)7-5-16-11-17(23)21-19(12-16)27-8-9-28-21/h4-7,10-12,15H,8-9H2,1-3H3,(H,24,26)/b7-5+/t15-/m0/s1. The van der Waals surface area contributed by atoms with E-state index in [1.54, 1.807) is 18.2 Å². The molecule has 29 heavy (non-hydrogen) atoms. The largest absolute Gasteiger partial charge is 0.486 e. The summed E-state index contributed by atoms with van der Waals surface area (Å²) >= 11 is 6.18. The first-order valence-corrected chi connectivity index (χ1v) is 9.57. The van der Waals surface area contributed by atoms with Crippen molar-refractivity contribution in [3.63, 3.8) is 0 Å². The molecule has 0 fully saturated rings. The minimum Gasteiger partial charge on any atom is -0.486 e. The van der Waals surface area contributed by atoms with Gasteiger partial charge in [-0.25, -0.2) is 4.79 Å². The molecule has 0 radical (unpaired) electrons. The van der Waals surface area contributed by atoms with Crippen LogP contribution in [0.3, 0.4) is 0 Å². The van der Waals surface area contributed by atoms with Crippen LogP contribution in [-0.2, 0) is 14.3 Å². The van der Waals surface area contributed by atoms with Crippen LogP contribution in [0.25, 0.3) is 6.08 Å². The molecule has 3 rings (SSSR count). The number of ether oxygens (including phenoxy) is 3. The first-order valence-electron chi connectivity index (χ1n) is 9.19. The quantitative estimate of drug-likeness (QED) is 0.581. The minimum absolute atomic E-state index is 0.399. The van der Waals surface area contributed by atoms with Gasteiger partial charge in [-0.2, -0.15) is 0 Å². The van der Waals surface area contributed by atoms with Gasteiger partial charge in [0.1, 0.15) is 13.2 Å².